The average Bonchev–Trinajstić information content (AvgIpc) is 2.66. The van der Waals surface area contributed by atoms with Gasteiger partial charge in [-0.05, 0) is 29.7 Å². The predicted molar refractivity (Wildman–Crippen MR) is 91.2 cm³/mol. The first-order chi connectivity index (χ1) is 12.4. The Bertz CT molecular complexity index is 940. The molecule has 3 rings (SSSR count). The number of ether oxygens (including phenoxy) is 2. The van der Waals surface area contributed by atoms with Gasteiger partial charge in [0.05, 0.1) is 31.1 Å². The number of carbonyl (C=O) groups is 1. The first kappa shape index (κ1) is 18.2. The molecule has 1 aliphatic rings. The number of nitrogens with zero attached hydrogens (tertiary/aromatic N) is 1. The summed E-state index contributed by atoms with van der Waals surface area (Å²) in [7, 11) is -1.24. The third-order valence-corrected chi connectivity index (χ3v) is 6.29. The van der Waals surface area contributed by atoms with Crippen LogP contribution in [0.4, 0.5) is 0 Å². The van der Waals surface area contributed by atoms with Crippen molar-refractivity contribution in [2.45, 2.75) is 23.9 Å². The summed E-state index contributed by atoms with van der Waals surface area (Å²) < 4.78 is 37.5. The van der Waals surface area contributed by atoms with Gasteiger partial charge >= 0.3 is 0 Å². The van der Waals surface area contributed by atoms with Crippen molar-refractivity contribution in [1.29, 1.82) is 0 Å². The number of rotatable bonds is 5. The molecule has 2 aromatic carbocycles. The molecule has 8 heteroatoms. The number of aliphatic carboxylic acids is 1. The van der Waals surface area contributed by atoms with Crippen molar-refractivity contribution in [1.82, 2.24) is 4.31 Å². The molecule has 138 valence electrons. The van der Waals surface area contributed by atoms with Gasteiger partial charge in [-0.25, -0.2) is 8.42 Å². The summed E-state index contributed by atoms with van der Waals surface area (Å²) in [5.41, 5.74) is 1.58. The van der Waals surface area contributed by atoms with E-state index in [2.05, 4.69) is 0 Å². The van der Waals surface area contributed by atoms with Gasteiger partial charge in [0.1, 0.15) is 0 Å². The molecule has 0 saturated carbocycles. The van der Waals surface area contributed by atoms with Crippen LogP contribution in [0.5, 0.6) is 11.5 Å². The van der Waals surface area contributed by atoms with Gasteiger partial charge in [0.2, 0.25) is 10.0 Å². The van der Waals surface area contributed by atoms with Gasteiger partial charge in [-0.2, -0.15) is 4.31 Å². The van der Waals surface area contributed by atoms with Crippen LogP contribution in [0.1, 0.15) is 11.1 Å². The number of carboxylic acid groups (broad SMARTS) is 1. The minimum Gasteiger partial charge on any atom is -0.548 e. The van der Waals surface area contributed by atoms with E-state index in [1.807, 2.05) is 0 Å². The van der Waals surface area contributed by atoms with Gasteiger partial charge in [0, 0.05) is 12.6 Å². The second-order valence-corrected chi connectivity index (χ2v) is 7.77. The first-order valence-corrected chi connectivity index (χ1v) is 9.34. The molecule has 26 heavy (non-hydrogen) atoms. The monoisotopic (exact) mass is 376 g/mol. The SMILES string of the molecule is COc1ccc(S(=O)(=O)N2Cc3ccccc3CC2C(=O)[O-])cc1OC. The molecule has 0 aliphatic carbocycles. The van der Waals surface area contributed by atoms with Gasteiger partial charge in [0.15, 0.2) is 11.5 Å². The third kappa shape index (κ3) is 3.13. The fourth-order valence-electron chi connectivity index (χ4n) is 3.06. The van der Waals surface area contributed by atoms with E-state index < -0.39 is 22.0 Å². The Balaban J connectivity index is 2.06. The zero-order chi connectivity index (χ0) is 18.9. The van der Waals surface area contributed by atoms with E-state index in [1.54, 1.807) is 24.3 Å². The topological polar surface area (TPSA) is 96.0 Å². The molecule has 0 spiro atoms. The molecule has 0 saturated heterocycles. The van der Waals surface area contributed by atoms with E-state index >= 15 is 0 Å². The maximum Gasteiger partial charge on any atom is 0.244 e. The second-order valence-electron chi connectivity index (χ2n) is 5.87. The number of fused-ring (bicyclic) bond motifs is 1. The highest BCUT2D eigenvalue weighted by molar-refractivity contribution is 7.89. The molecule has 0 radical (unpaired) electrons. The number of benzene rings is 2. The van der Waals surface area contributed by atoms with Crippen molar-refractivity contribution in [2.75, 3.05) is 14.2 Å². The molecule has 1 unspecified atom stereocenters. The predicted octanol–water partition coefficient (Wildman–Crippen LogP) is 0.569. The lowest BCUT2D eigenvalue weighted by Gasteiger charge is -2.36. The summed E-state index contributed by atoms with van der Waals surface area (Å²) in [5.74, 6) is -0.800. The van der Waals surface area contributed by atoms with Crippen LogP contribution in [0.15, 0.2) is 47.4 Å². The Hall–Kier alpha value is -2.58. The highest BCUT2D eigenvalue weighted by Crippen LogP contribution is 2.33. The quantitative estimate of drug-likeness (QED) is 0.757. The van der Waals surface area contributed by atoms with Crippen molar-refractivity contribution in [3.8, 4) is 11.5 Å². The molecule has 0 N–H and O–H groups in total. The van der Waals surface area contributed by atoms with Crippen LogP contribution in [-0.2, 0) is 27.8 Å². The van der Waals surface area contributed by atoms with Crippen molar-refractivity contribution in [2.24, 2.45) is 0 Å². The highest BCUT2D eigenvalue weighted by atomic mass is 32.2. The van der Waals surface area contributed by atoms with Crippen LogP contribution in [-0.4, -0.2) is 39.0 Å². The molecule has 0 aromatic heterocycles. The van der Waals surface area contributed by atoms with E-state index in [4.69, 9.17) is 9.47 Å². The molecule has 0 fully saturated rings. The lowest BCUT2D eigenvalue weighted by molar-refractivity contribution is -0.310. The fourth-order valence-corrected chi connectivity index (χ4v) is 4.64. The average molecular weight is 376 g/mol. The van der Waals surface area contributed by atoms with Crippen molar-refractivity contribution in [3.05, 3.63) is 53.6 Å². The maximum atomic E-state index is 13.1. The summed E-state index contributed by atoms with van der Waals surface area (Å²) in [6.07, 6.45) is 0.0605. The minimum absolute atomic E-state index is 0.0362. The molecular weight excluding hydrogens is 358 g/mol. The molecule has 1 aliphatic heterocycles. The normalized spacial score (nSPS) is 17.4. The standard InChI is InChI=1S/C18H19NO6S/c1-24-16-8-7-14(10-17(16)25-2)26(22,23)19-11-13-6-4-3-5-12(13)9-15(19)18(20)21/h3-8,10,15H,9,11H2,1-2H3,(H,20,21)/p-1. The molecule has 7 nitrogen and oxygen atoms in total. The second kappa shape index (κ2) is 6.97. The highest BCUT2D eigenvalue weighted by Gasteiger charge is 2.36. The first-order valence-electron chi connectivity index (χ1n) is 7.90. The van der Waals surface area contributed by atoms with E-state index in [-0.39, 0.29) is 23.6 Å². The summed E-state index contributed by atoms with van der Waals surface area (Å²) in [4.78, 5) is 11.5. The van der Waals surface area contributed by atoms with Gasteiger partial charge in [0.25, 0.3) is 0 Å². The Morgan fingerprint density at radius 1 is 1.08 bits per heavy atom. The number of carbonyl (C=O) groups excluding carboxylic acids is 1. The van der Waals surface area contributed by atoms with E-state index in [9.17, 15) is 18.3 Å². The van der Waals surface area contributed by atoms with Crippen molar-refractivity contribution in [3.63, 3.8) is 0 Å². The van der Waals surface area contributed by atoms with Crippen molar-refractivity contribution < 1.29 is 27.8 Å². The van der Waals surface area contributed by atoms with Gasteiger partial charge in [-0.15, -0.1) is 0 Å². The van der Waals surface area contributed by atoms with Crippen LogP contribution in [0, 0.1) is 0 Å². The van der Waals surface area contributed by atoms with Crippen LogP contribution in [0.3, 0.4) is 0 Å². The Morgan fingerprint density at radius 3 is 2.35 bits per heavy atom. The lowest BCUT2D eigenvalue weighted by Crippen LogP contribution is -2.53. The minimum atomic E-state index is -4.08. The fraction of sp³-hybridized carbons (Fsp3) is 0.278. The van der Waals surface area contributed by atoms with Crippen LogP contribution < -0.4 is 14.6 Å². The third-order valence-electron chi connectivity index (χ3n) is 4.44. The number of sulfonamides is 1. The van der Waals surface area contributed by atoms with Gasteiger partial charge < -0.3 is 19.4 Å². The molecule has 1 heterocycles. The number of hydrogen-bond acceptors (Lipinski definition) is 6. The van der Waals surface area contributed by atoms with Crippen LogP contribution in [0.2, 0.25) is 0 Å². The van der Waals surface area contributed by atoms with E-state index in [1.165, 1.54) is 32.4 Å². The van der Waals surface area contributed by atoms with Gasteiger partial charge in [-0.3, -0.25) is 0 Å². The van der Waals surface area contributed by atoms with Gasteiger partial charge in [-0.1, -0.05) is 24.3 Å². The molecule has 0 amide bonds. The molecular formula is C18H18NO6S-. The van der Waals surface area contributed by atoms with Crippen LogP contribution >= 0.6 is 0 Å². The summed E-state index contributed by atoms with van der Waals surface area (Å²) in [6, 6.07) is 10.1. The number of hydrogen-bond donors (Lipinski definition) is 0. The maximum absolute atomic E-state index is 13.1. The number of carboxylic acids is 1. The summed E-state index contributed by atoms with van der Waals surface area (Å²) in [6.45, 7) is -0.0362. The molecule has 2 aromatic rings. The summed E-state index contributed by atoms with van der Waals surface area (Å²) >= 11 is 0. The Kier molecular flexibility index (Phi) is 4.88. The van der Waals surface area contributed by atoms with E-state index in [0.717, 1.165) is 15.4 Å². The zero-order valence-electron chi connectivity index (χ0n) is 14.3. The number of methoxy groups -OCH3 is 2. The smallest absolute Gasteiger partial charge is 0.244 e. The summed E-state index contributed by atoms with van der Waals surface area (Å²) in [5, 5.41) is 11.6. The largest absolute Gasteiger partial charge is 0.548 e. The molecule has 1 atom stereocenters. The lowest BCUT2D eigenvalue weighted by atomic mass is 9.96. The van der Waals surface area contributed by atoms with E-state index in [0.29, 0.717) is 5.75 Å². The van der Waals surface area contributed by atoms with Crippen LogP contribution in [0.25, 0.3) is 0 Å². The van der Waals surface area contributed by atoms with Crippen molar-refractivity contribution >= 4 is 16.0 Å². The Morgan fingerprint density at radius 2 is 1.73 bits per heavy atom. The molecule has 0 bridgehead atoms. The zero-order valence-corrected chi connectivity index (χ0v) is 15.2. The Labute approximate surface area is 151 Å².